The molecule has 1 aliphatic carbocycles. The zero-order valence-corrected chi connectivity index (χ0v) is 12.5. The summed E-state index contributed by atoms with van der Waals surface area (Å²) in [6.07, 6.45) is 4.10. The Balaban J connectivity index is 1.73. The molecule has 0 unspecified atom stereocenters. The van der Waals surface area contributed by atoms with Crippen molar-refractivity contribution in [3.8, 4) is 0 Å². The molecule has 6 nitrogen and oxygen atoms in total. The molecule has 4 N–H and O–H groups in total. The quantitative estimate of drug-likeness (QED) is 0.459. The zero-order chi connectivity index (χ0) is 15.5. The van der Waals surface area contributed by atoms with E-state index in [1.54, 1.807) is 12.1 Å². The number of nitrogens with two attached hydrogens (primary N) is 1. The van der Waals surface area contributed by atoms with Gasteiger partial charge in [-0.15, -0.1) is 0 Å². The number of nitrogens with zero attached hydrogens (tertiary/aromatic N) is 2. The number of hydrogen-bond acceptors (Lipinski definition) is 4. The van der Waals surface area contributed by atoms with Gasteiger partial charge in [0.05, 0.1) is 5.71 Å². The number of rotatable bonds is 3. The van der Waals surface area contributed by atoms with Crippen LogP contribution in [0, 0.1) is 0 Å². The third-order valence-corrected chi connectivity index (χ3v) is 3.93. The lowest BCUT2D eigenvalue weighted by Gasteiger charge is -2.10. The summed E-state index contributed by atoms with van der Waals surface area (Å²) >= 11 is 0. The second kappa shape index (κ2) is 6.01. The maximum Gasteiger partial charge on any atom is 0.292 e. The topological polar surface area (TPSA) is 96.2 Å². The lowest BCUT2D eigenvalue weighted by molar-refractivity contribution is 0.0949. The first kappa shape index (κ1) is 14.3. The molecule has 1 aliphatic rings. The molecule has 0 aliphatic heterocycles. The predicted molar refractivity (Wildman–Crippen MR) is 85.8 cm³/mol. The molecule has 1 aromatic carbocycles. The highest BCUT2D eigenvalue weighted by atomic mass is 16.2. The van der Waals surface area contributed by atoms with Gasteiger partial charge in [0.2, 0.25) is 0 Å². The van der Waals surface area contributed by atoms with Crippen molar-refractivity contribution in [2.45, 2.75) is 32.6 Å². The average molecular weight is 297 g/mol. The number of anilines is 1. The van der Waals surface area contributed by atoms with Gasteiger partial charge in [-0.25, -0.2) is 5.43 Å². The van der Waals surface area contributed by atoms with Crippen LogP contribution in [0.5, 0.6) is 0 Å². The number of aromatic nitrogens is 2. The number of H-pyrrole nitrogens is 1. The second-order valence-electron chi connectivity index (χ2n) is 5.50. The van der Waals surface area contributed by atoms with Crippen LogP contribution in [0.2, 0.25) is 0 Å². The summed E-state index contributed by atoms with van der Waals surface area (Å²) in [6.45, 7) is 1.84. The number of amides is 1. The third kappa shape index (κ3) is 2.86. The van der Waals surface area contributed by atoms with E-state index in [4.69, 9.17) is 5.73 Å². The zero-order valence-electron chi connectivity index (χ0n) is 12.5. The largest absolute Gasteiger partial charge is 0.399 e. The molecule has 0 radical (unpaired) electrons. The number of hydrazone groups is 1. The molecule has 0 saturated heterocycles. The first-order chi connectivity index (χ1) is 10.6. The Morgan fingerprint density at radius 1 is 1.27 bits per heavy atom. The van der Waals surface area contributed by atoms with Crippen molar-refractivity contribution in [3.63, 3.8) is 0 Å². The fourth-order valence-electron chi connectivity index (χ4n) is 2.65. The van der Waals surface area contributed by atoms with Crippen molar-refractivity contribution in [3.05, 3.63) is 46.8 Å². The monoisotopic (exact) mass is 297 g/mol. The maximum atomic E-state index is 12.2. The molecule has 114 valence electrons. The van der Waals surface area contributed by atoms with Crippen LogP contribution in [0.3, 0.4) is 0 Å². The van der Waals surface area contributed by atoms with Gasteiger partial charge in [-0.3, -0.25) is 9.89 Å². The first-order valence-electron chi connectivity index (χ1n) is 7.42. The predicted octanol–water partition coefficient (Wildman–Crippen LogP) is 2.02. The molecule has 1 heterocycles. The molecule has 1 aromatic heterocycles. The number of aromatic amines is 1. The van der Waals surface area contributed by atoms with Crippen LogP contribution in [0.25, 0.3) is 0 Å². The highest BCUT2D eigenvalue weighted by molar-refractivity contribution is 6.01. The van der Waals surface area contributed by atoms with Gasteiger partial charge in [-0.2, -0.15) is 10.2 Å². The van der Waals surface area contributed by atoms with Crippen molar-refractivity contribution >= 4 is 17.3 Å². The van der Waals surface area contributed by atoms with Crippen molar-refractivity contribution in [1.82, 2.24) is 15.6 Å². The van der Waals surface area contributed by atoms with E-state index < -0.39 is 0 Å². The first-order valence-corrected chi connectivity index (χ1v) is 7.42. The number of fused-ring (bicyclic) bond motifs is 1. The highest BCUT2D eigenvalue weighted by Crippen LogP contribution is 2.21. The smallest absolute Gasteiger partial charge is 0.292 e. The normalized spacial score (nSPS) is 14.5. The van der Waals surface area contributed by atoms with Gasteiger partial charge >= 0.3 is 0 Å². The van der Waals surface area contributed by atoms with E-state index in [2.05, 4.69) is 20.7 Å². The molecule has 0 saturated carbocycles. The third-order valence-electron chi connectivity index (χ3n) is 3.93. The number of hydrogen-bond donors (Lipinski definition) is 3. The van der Waals surface area contributed by atoms with E-state index in [9.17, 15) is 4.79 Å². The summed E-state index contributed by atoms with van der Waals surface area (Å²) in [7, 11) is 0. The average Bonchev–Trinajstić information content (AvgIpc) is 2.97. The summed E-state index contributed by atoms with van der Waals surface area (Å²) in [5.41, 5.74) is 13.1. The minimum atomic E-state index is -0.269. The van der Waals surface area contributed by atoms with Crippen LogP contribution in [-0.2, 0) is 12.8 Å². The Morgan fingerprint density at radius 3 is 2.77 bits per heavy atom. The number of nitrogens with one attached hydrogen (secondary N) is 2. The van der Waals surface area contributed by atoms with Crippen LogP contribution >= 0.6 is 0 Å². The Kier molecular flexibility index (Phi) is 3.91. The van der Waals surface area contributed by atoms with Crippen molar-refractivity contribution < 1.29 is 4.79 Å². The molecule has 6 heteroatoms. The molecule has 1 amide bonds. The van der Waals surface area contributed by atoms with Crippen LogP contribution < -0.4 is 11.2 Å². The van der Waals surface area contributed by atoms with Gasteiger partial charge in [-0.1, -0.05) is 12.1 Å². The van der Waals surface area contributed by atoms with Gasteiger partial charge in [0, 0.05) is 16.9 Å². The molecule has 3 rings (SSSR count). The Hall–Kier alpha value is -2.63. The second-order valence-corrected chi connectivity index (χ2v) is 5.50. The summed E-state index contributed by atoms with van der Waals surface area (Å²) in [5, 5.41) is 11.2. The van der Waals surface area contributed by atoms with E-state index in [-0.39, 0.29) is 5.91 Å². The van der Waals surface area contributed by atoms with Crippen molar-refractivity contribution in [1.29, 1.82) is 0 Å². The molecule has 2 aromatic rings. The summed E-state index contributed by atoms with van der Waals surface area (Å²) in [5.74, 6) is -0.269. The molecular formula is C16H19N5O. The fourth-order valence-corrected chi connectivity index (χ4v) is 2.65. The number of aryl methyl sites for hydroxylation is 1. The van der Waals surface area contributed by atoms with E-state index in [1.807, 2.05) is 19.1 Å². The SMILES string of the molecule is CC(=NNC(=O)c1n[nH]c2c1CCCC2)c1ccc(N)cc1. The lowest BCUT2D eigenvalue weighted by Crippen LogP contribution is -2.21. The van der Waals surface area contributed by atoms with Gasteiger partial charge in [0.25, 0.3) is 5.91 Å². The standard InChI is InChI=1S/C16H19N5O/c1-10(11-6-8-12(17)9-7-11)18-21-16(22)15-13-4-2-3-5-14(13)19-20-15/h6-9H,2-5,17H2,1H3,(H,19,20)(H,21,22). The van der Waals surface area contributed by atoms with Crippen molar-refractivity contribution in [2.24, 2.45) is 5.10 Å². The van der Waals surface area contributed by atoms with Gasteiger partial charge < -0.3 is 5.73 Å². The summed E-state index contributed by atoms with van der Waals surface area (Å²) < 4.78 is 0. The Labute approximate surface area is 128 Å². The molecule has 0 fully saturated rings. The van der Waals surface area contributed by atoms with Crippen LogP contribution in [0.15, 0.2) is 29.4 Å². The lowest BCUT2D eigenvalue weighted by atomic mass is 9.96. The van der Waals surface area contributed by atoms with Gasteiger partial charge in [-0.05, 0) is 50.3 Å². The summed E-state index contributed by atoms with van der Waals surface area (Å²) in [6, 6.07) is 7.36. The van der Waals surface area contributed by atoms with Crippen LogP contribution in [0.4, 0.5) is 5.69 Å². The highest BCUT2D eigenvalue weighted by Gasteiger charge is 2.21. The van der Waals surface area contributed by atoms with E-state index in [0.717, 1.165) is 48.2 Å². The number of carbonyl (C=O) groups excluding carboxylic acids is 1. The molecule has 0 bridgehead atoms. The van der Waals surface area contributed by atoms with Crippen LogP contribution in [0.1, 0.15) is 47.1 Å². The fraction of sp³-hybridized carbons (Fsp3) is 0.312. The van der Waals surface area contributed by atoms with Crippen LogP contribution in [-0.4, -0.2) is 21.8 Å². The molecular weight excluding hydrogens is 278 g/mol. The number of nitrogen functional groups attached to an aromatic ring is 1. The van der Waals surface area contributed by atoms with Gasteiger partial charge in [0.15, 0.2) is 5.69 Å². The van der Waals surface area contributed by atoms with E-state index in [0.29, 0.717) is 11.4 Å². The minimum Gasteiger partial charge on any atom is -0.399 e. The minimum absolute atomic E-state index is 0.269. The Bertz CT molecular complexity index is 715. The molecule has 0 spiro atoms. The summed E-state index contributed by atoms with van der Waals surface area (Å²) in [4.78, 5) is 12.2. The van der Waals surface area contributed by atoms with E-state index in [1.165, 1.54) is 0 Å². The van der Waals surface area contributed by atoms with E-state index >= 15 is 0 Å². The maximum absolute atomic E-state index is 12.2. The molecule has 22 heavy (non-hydrogen) atoms. The molecule has 0 atom stereocenters. The van der Waals surface area contributed by atoms with Crippen molar-refractivity contribution in [2.75, 3.05) is 5.73 Å². The number of carbonyl (C=O) groups is 1. The Morgan fingerprint density at radius 2 is 2.00 bits per heavy atom. The number of benzene rings is 1. The van der Waals surface area contributed by atoms with Gasteiger partial charge in [0.1, 0.15) is 0 Å².